The van der Waals surface area contributed by atoms with E-state index in [9.17, 15) is 23.1 Å². The number of fused-ring (bicyclic) bond motifs is 4. The molecule has 5 atom stereocenters. The van der Waals surface area contributed by atoms with Gasteiger partial charge in [0.2, 0.25) is 15.9 Å². The van der Waals surface area contributed by atoms with Crippen molar-refractivity contribution in [3.63, 3.8) is 0 Å². The topological polar surface area (TPSA) is 125 Å². The van der Waals surface area contributed by atoms with Gasteiger partial charge in [-0.1, -0.05) is 47.5 Å². The second-order valence-corrected chi connectivity index (χ2v) is 17.0. The Morgan fingerprint density at radius 2 is 1.90 bits per heavy atom. The van der Waals surface area contributed by atoms with Crippen LogP contribution < -0.4 is 19.7 Å². The van der Waals surface area contributed by atoms with Crippen LogP contribution in [0.4, 0.5) is 11.4 Å². The summed E-state index contributed by atoms with van der Waals surface area (Å²) < 4.78 is 36.3. The van der Waals surface area contributed by atoms with Gasteiger partial charge in [0.15, 0.2) is 0 Å². The van der Waals surface area contributed by atoms with Gasteiger partial charge in [0, 0.05) is 46.2 Å². The Morgan fingerprint density at radius 3 is 2.70 bits per heavy atom. The number of ether oxygens (including phenoxy) is 1. The Balaban J connectivity index is 1.21. The maximum Gasteiger partial charge on any atom is 0.264 e. The summed E-state index contributed by atoms with van der Waals surface area (Å²) in [6.07, 6.45) is 7.52. The van der Waals surface area contributed by atoms with Crippen molar-refractivity contribution < 1.29 is 27.9 Å². The molecule has 1 fully saturated rings. The standard InChI is InChI=1S/C38H41Cl2N3O6S/c39-27-6-3-7-29(19-27)41-36(45)20-30-8-1-2-9-34(44)31-13-10-26(31)21-43-22-38(16-4-5-24-17-28(40)12-14-32(24)38)23-49-35-15-11-25(18-33(35)43)37(46)42-50(30,47)48/h2-3,6-7,9,11-12,14-15,17-19,26,30-31,34,44H,1,4-5,8,10,13,16,20-23H2,(H,41,45)(H,42,46)/b9-2-/t26-,30+,31+,34-,38-/m0/s1. The van der Waals surface area contributed by atoms with Crippen LogP contribution in [-0.2, 0) is 26.7 Å². The Labute approximate surface area is 303 Å². The number of rotatable bonds is 3. The third-order valence-corrected chi connectivity index (χ3v) is 13.1. The highest BCUT2D eigenvalue weighted by Gasteiger charge is 2.44. The molecule has 1 saturated carbocycles. The van der Waals surface area contributed by atoms with E-state index in [-0.39, 0.29) is 35.7 Å². The third-order valence-electron chi connectivity index (χ3n) is 10.9. The van der Waals surface area contributed by atoms with Gasteiger partial charge in [-0.15, -0.1) is 0 Å². The second kappa shape index (κ2) is 14.2. The highest BCUT2D eigenvalue weighted by Crippen LogP contribution is 2.46. The van der Waals surface area contributed by atoms with Crippen LogP contribution in [-0.4, -0.2) is 56.4 Å². The van der Waals surface area contributed by atoms with Crippen molar-refractivity contribution in [1.29, 1.82) is 0 Å². The Hall–Kier alpha value is -3.57. The fourth-order valence-corrected chi connectivity index (χ4v) is 9.84. The third kappa shape index (κ3) is 7.26. The Bertz CT molecular complexity index is 1940. The molecule has 0 unspecified atom stereocenters. The minimum atomic E-state index is -4.31. The van der Waals surface area contributed by atoms with Gasteiger partial charge in [-0.05, 0) is 116 Å². The van der Waals surface area contributed by atoms with Crippen LogP contribution in [0.3, 0.4) is 0 Å². The van der Waals surface area contributed by atoms with Gasteiger partial charge in [-0.25, -0.2) is 13.1 Å². The summed E-state index contributed by atoms with van der Waals surface area (Å²) in [5, 5.41) is 13.9. The van der Waals surface area contributed by atoms with E-state index in [0.29, 0.717) is 53.3 Å². The molecule has 2 bridgehead atoms. The van der Waals surface area contributed by atoms with Gasteiger partial charge in [-0.2, -0.15) is 0 Å². The zero-order valence-corrected chi connectivity index (χ0v) is 29.9. The molecule has 2 aliphatic heterocycles. The first-order valence-electron chi connectivity index (χ1n) is 17.3. The molecule has 12 heteroatoms. The van der Waals surface area contributed by atoms with Gasteiger partial charge in [0.1, 0.15) is 5.75 Å². The van der Waals surface area contributed by atoms with E-state index in [1.807, 2.05) is 12.1 Å². The van der Waals surface area contributed by atoms with Crippen molar-refractivity contribution in [2.45, 2.75) is 68.1 Å². The quantitative estimate of drug-likeness (QED) is 0.257. The zero-order valence-electron chi connectivity index (χ0n) is 27.6. The first-order valence-corrected chi connectivity index (χ1v) is 19.6. The smallest absolute Gasteiger partial charge is 0.264 e. The number of hydrogen-bond donors (Lipinski definition) is 3. The number of aliphatic hydroxyl groups excluding tert-OH is 1. The molecule has 3 aromatic carbocycles. The summed E-state index contributed by atoms with van der Waals surface area (Å²) in [6.45, 7) is 1.74. The van der Waals surface area contributed by atoms with Crippen LogP contribution in [0, 0.1) is 11.8 Å². The molecule has 1 spiro atoms. The average molecular weight is 739 g/mol. The molecule has 3 N–H and O–H groups in total. The lowest BCUT2D eigenvalue weighted by molar-refractivity contribution is -0.116. The van der Waals surface area contributed by atoms with Crippen LogP contribution >= 0.6 is 23.2 Å². The van der Waals surface area contributed by atoms with E-state index in [4.69, 9.17) is 27.9 Å². The number of aryl methyl sites for hydroxylation is 1. The summed E-state index contributed by atoms with van der Waals surface area (Å²) in [4.78, 5) is 29.0. The number of carbonyl (C=O) groups is 2. The van der Waals surface area contributed by atoms with Crippen LogP contribution in [0.25, 0.3) is 0 Å². The molecule has 2 aliphatic carbocycles. The van der Waals surface area contributed by atoms with Crippen molar-refractivity contribution in [2.24, 2.45) is 11.8 Å². The number of carbonyl (C=O) groups excluding carboxylic acids is 2. The maximum atomic E-state index is 13.8. The molecule has 264 valence electrons. The molecule has 3 aromatic rings. The van der Waals surface area contributed by atoms with Crippen LogP contribution in [0.2, 0.25) is 10.0 Å². The monoisotopic (exact) mass is 737 g/mol. The van der Waals surface area contributed by atoms with Crippen molar-refractivity contribution in [3.05, 3.63) is 99.6 Å². The van der Waals surface area contributed by atoms with Gasteiger partial charge in [0.25, 0.3) is 5.91 Å². The molecular weight excluding hydrogens is 697 g/mol. The number of allylic oxidation sites excluding steroid dienone is 1. The van der Waals surface area contributed by atoms with Gasteiger partial charge in [-0.3, -0.25) is 9.59 Å². The zero-order chi connectivity index (χ0) is 35.0. The Morgan fingerprint density at radius 1 is 1.06 bits per heavy atom. The molecule has 0 radical (unpaired) electrons. The van der Waals surface area contributed by atoms with Gasteiger partial charge < -0.3 is 20.1 Å². The van der Waals surface area contributed by atoms with Crippen LogP contribution in [0.15, 0.2) is 72.8 Å². The minimum Gasteiger partial charge on any atom is -0.490 e. The number of sulfonamides is 1. The number of nitrogens with zero attached hydrogens (tertiary/aromatic N) is 1. The fourth-order valence-electron chi connectivity index (χ4n) is 8.09. The number of anilines is 2. The fraction of sp³-hybridized carbons (Fsp3) is 0.421. The van der Waals surface area contributed by atoms with E-state index >= 15 is 0 Å². The highest BCUT2D eigenvalue weighted by molar-refractivity contribution is 7.90. The SMILES string of the molecule is O=C(C[C@H]1CC/C=C\[C@H](O)[C@@H]2CC[C@H]2CN2C[C@@]3(CCCc4cc(Cl)ccc43)COc3ccc(cc32)C(=O)NS1(=O)=O)Nc1cccc(Cl)c1. The van der Waals surface area contributed by atoms with E-state index in [2.05, 4.69) is 21.0 Å². The maximum absolute atomic E-state index is 13.8. The summed E-state index contributed by atoms with van der Waals surface area (Å²) in [6, 6.07) is 17.7. The first kappa shape index (κ1) is 34.9. The van der Waals surface area contributed by atoms with Crippen molar-refractivity contribution in [2.75, 3.05) is 29.9 Å². The lowest BCUT2D eigenvalue weighted by Gasteiger charge is -2.45. The summed E-state index contributed by atoms with van der Waals surface area (Å²) >= 11 is 12.5. The van der Waals surface area contributed by atoms with Crippen molar-refractivity contribution in [3.8, 4) is 5.75 Å². The lowest BCUT2D eigenvalue weighted by Crippen LogP contribution is -2.49. The largest absolute Gasteiger partial charge is 0.490 e. The Kier molecular flexibility index (Phi) is 9.91. The molecule has 2 heterocycles. The van der Waals surface area contributed by atoms with Crippen LogP contribution in [0.5, 0.6) is 5.75 Å². The van der Waals surface area contributed by atoms with E-state index in [1.165, 1.54) is 11.1 Å². The number of halogens is 2. The second-order valence-electron chi connectivity index (χ2n) is 14.1. The van der Waals surface area contributed by atoms with E-state index in [0.717, 1.165) is 32.1 Å². The van der Waals surface area contributed by atoms with Crippen LogP contribution in [0.1, 0.15) is 66.4 Å². The molecule has 0 aromatic heterocycles. The minimum absolute atomic E-state index is 0.0367. The lowest BCUT2D eigenvalue weighted by atomic mass is 9.68. The number of benzene rings is 3. The number of aliphatic hydroxyl groups is 1. The number of amides is 2. The van der Waals surface area contributed by atoms with Gasteiger partial charge in [0.05, 0.1) is 23.6 Å². The predicted octanol–water partition coefficient (Wildman–Crippen LogP) is 6.66. The first-order chi connectivity index (χ1) is 24.0. The number of nitrogens with one attached hydrogen (secondary N) is 2. The molecule has 0 saturated heterocycles. The molecular formula is C38H41Cl2N3O6S. The average Bonchev–Trinajstić information content (AvgIpc) is 3.20. The molecule has 7 rings (SSSR count). The predicted molar refractivity (Wildman–Crippen MR) is 196 cm³/mol. The molecule has 4 aliphatic rings. The molecule has 2 amide bonds. The highest BCUT2D eigenvalue weighted by atomic mass is 35.5. The van der Waals surface area contributed by atoms with Gasteiger partial charge >= 0.3 is 0 Å². The van der Waals surface area contributed by atoms with Crippen molar-refractivity contribution in [1.82, 2.24) is 4.72 Å². The molecule has 9 nitrogen and oxygen atoms in total. The van der Waals surface area contributed by atoms with Crippen molar-refractivity contribution >= 4 is 56.4 Å². The summed E-state index contributed by atoms with van der Waals surface area (Å²) in [5.41, 5.74) is 3.45. The number of hydrogen-bond acceptors (Lipinski definition) is 7. The van der Waals surface area contributed by atoms with E-state index in [1.54, 1.807) is 54.6 Å². The van der Waals surface area contributed by atoms with E-state index < -0.39 is 33.2 Å². The normalized spacial score (nSPS) is 28.1. The summed E-state index contributed by atoms with van der Waals surface area (Å²) in [7, 11) is -4.31. The summed E-state index contributed by atoms with van der Waals surface area (Å²) in [5.74, 6) is -0.432. The molecule has 50 heavy (non-hydrogen) atoms.